The zero-order valence-corrected chi connectivity index (χ0v) is 13.3. The molecule has 1 aromatic carbocycles. The van der Waals surface area contributed by atoms with Gasteiger partial charge in [0.15, 0.2) is 0 Å². The number of nitrogens with one attached hydrogen (secondary N) is 1. The van der Waals surface area contributed by atoms with Crippen LogP contribution in [0.15, 0.2) is 18.2 Å². The monoisotopic (exact) mass is 276 g/mol. The Morgan fingerprint density at radius 1 is 1.25 bits per heavy atom. The summed E-state index contributed by atoms with van der Waals surface area (Å²) in [5.41, 5.74) is 9.25. The molecule has 1 amide bonds. The fraction of sp³-hybridized carbons (Fsp3) is 0.588. The Bertz CT molecular complexity index is 442. The van der Waals surface area contributed by atoms with Crippen LogP contribution < -0.4 is 11.1 Å². The summed E-state index contributed by atoms with van der Waals surface area (Å²) in [6.45, 7) is 9.35. The Labute approximate surface area is 122 Å². The maximum absolute atomic E-state index is 12.3. The first kappa shape index (κ1) is 16.7. The summed E-state index contributed by atoms with van der Waals surface area (Å²) < 4.78 is 0. The van der Waals surface area contributed by atoms with Gasteiger partial charge in [0.1, 0.15) is 0 Å². The molecule has 0 atom stereocenters. The predicted molar refractivity (Wildman–Crippen MR) is 84.7 cm³/mol. The van der Waals surface area contributed by atoms with Crippen molar-refractivity contribution in [3.63, 3.8) is 0 Å². The Morgan fingerprint density at radius 3 is 2.40 bits per heavy atom. The zero-order valence-electron chi connectivity index (χ0n) is 13.3. The topological polar surface area (TPSA) is 55.1 Å². The van der Waals surface area contributed by atoms with E-state index in [1.54, 1.807) is 0 Å². The number of hydrogen-bond donors (Lipinski definition) is 2. The van der Waals surface area contributed by atoms with Crippen LogP contribution in [0.4, 0.5) is 0 Å². The van der Waals surface area contributed by atoms with Crippen LogP contribution >= 0.6 is 0 Å². The number of aryl methyl sites for hydroxylation is 2. The molecule has 1 rings (SSSR count). The lowest BCUT2D eigenvalue weighted by Crippen LogP contribution is -2.45. The van der Waals surface area contributed by atoms with Crippen LogP contribution in [0.3, 0.4) is 0 Å². The van der Waals surface area contributed by atoms with Gasteiger partial charge in [-0.25, -0.2) is 0 Å². The van der Waals surface area contributed by atoms with Gasteiger partial charge in [0.2, 0.25) is 5.91 Å². The van der Waals surface area contributed by atoms with E-state index in [2.05, 4.69) is 37.4 Å². The first-order valence-corrected chi connectivity index (χ1v) is 7.53. The van der Waals surface area contributed by atoms with E-state index >= 15 is 0 Å². The van der Waals surface area contributed by atoms with Gasteiger partial charge in [-0.15, -0.1) is 0 Å². The summed E-state index contributed by atoms with van der Waals surface area (Å²) in [4.78, 5) is 12.3. The molecule has 3 nitrogen and oxygen atoms in total. The molecule has 3 N–H and O–H groups in total. The van der Waals surface area contributed by atoms with E-state index < -0.39 is 5.41 Å². The number of benzene rings is 1. The minimum absolute atomic E-state index is 0.0924. The van der Waals surface area contributed by atoms with Crippen LogP contribution in [0, 0.1) is 19.3 Å². The van der Waals surface area contributed by atoms with Crippen molar-refractivity contribution >= 4 is 5.91 Å². The highest BCUT2D eigenvalue weighted by Crippen LogP contribution is 2.24. The molecule has 112 valence electrons. The summed E-state index contributed by atoms with van der Waals surface area (Å²) in [5, 5.41) is 3.05. The molecule has 0 spiro atoms. The normalized spacial score (nSPS) is 11.4. The van der Waals surface area contributed by atoms with E-state index in [1.165, 1.54) is 16.7 Å². The maximum atomic E-state index is 12.3. The molecule has 0 aromatic heterocycles. The molecule has 3 heteroatoms. The predicted octanol–water partition coefficient (Wildman–Crippen LogP) is 2.73. The summed E-state index contributed by atoms with van der Waals surface area (Å²) in [6.07, 6.45) is 2.44. The van der Waals surface area contributed by atoms with E-state index in [1.807, 2.05) is 13.8 Å². The highest BCUT2D eigenvalue weighted by Gasteiger charge is 2.32. The molecular formula is C17H28N2O. The minimum atomic E-state index is -0.400. The minimum Gasteiger partial charge on any atom is -0.355 e. The van der Waals surface area contributed by atoms with Crippen molar-refractivity contribution in [2.75, 3.05) is 13.1 Å². The summed E-state index contributed by atoms with van der Waals surface area (Å²) in [7, 11) is 0. The first-order valence-electron chi connectivity index (χ1n) is 7.53. The van der Waals surface area contributed by atoms with Gasteiger partial charge in [0, 0.05) is 13.1 Å². The Hall–Kier alpha value is -1.35. The number of carbonyl (C=O) groups excluding carboxylic acids is 1. The summed E-state index contributed by atoms with van der Waals surface area (Å²) >= 11 is 0. The van der Waals surface area contributed by atoms with Crippen LogP contribution in [0.25, 0.3) is 0 Å². The van der Waals surface area contributed by atoms with Gasteiger partial charge in [-0.1, -0.05) is 37.6 Å². The van der Waals surface area contributed by atoms with Crippen molar-refractivity contribution in [1.82, 2.24) is 5.32 Å². The molecule has 0 bridgehead atoms. The quantitative estimate of drug-likeness (QED) is 0.804. The number of hydrogen-bond acceptors (Lipinski definition) is 2. The van der Waals surface area contributed by atoms with Crippen LogP contribution in [0.1, 0.15) is 43.4 Å². The van der Waals surface area contributed by atoms with E-state index in [9.17, 15) is 4.79 Å². The van der Waals surface area contributed by atoms with Gasteiger partial charge >= 0.3 is 0 Å². The third-order valence-electron chi connectivity index (χ3n) is 4.40. The van der Waals surface area contributed by atoms with Gasteiger partial charge in [0.05, 0.1) is 5.41 Å². The second-order valence-electron chi connectivity index (χ2n) is 5.63. The average Bonchev–Trinajstić information content (AvgIpc) is 2.44. The van der Waals surface area contributed by atoms with E-state index in [4.69, 9.17) is 5.73 Å². The SMILES string of the molecule is CCC(CC)(CN)C(=O)NCCc1ccc(C)cc1C. The van der Waals surface area contributed by atoms with Crippen LogP contribution in [-0.2, 0) is 11.2 Å². The molecule has 0 aliphatic carbocycles. The van der Waals surface area contributed by atoms with Crippen molar-refractivity contribution < 1.29 is 4.79 Å². The smallest absolute Gasteiger partial charge is 0.227 e. The van der Waals surface area contributed by atoms with Gasteiger partial charge < -0.3 is 11.1 Å². The molecule has 0 fully saturated rings. The molecule has 0 heterocycles. The molecule has 0 saturated carbocycles. The fourth-order valence-electron chi connectivity index (χ4n) is 2.58. The fourth-order valence-corrected chi connectivity index (χ4v) is 2.58. The maximum Gasteiger partial charge on any atom is 0.227 e. The summed E-state index contributed by atoms with van der Waals surface area (Å²) in [5.74, 6) is 0.0924. The third-order valence-corrected chi connectivity index (χ3v) is 4.40. The van der Waals surface area contributed by atoms with Crippen molar-refractivity contribution in [3.05, 3.63) is 34.9 Å². The highest BCUT2D eigenvalue weighted by molar-refractivity contribution is 5.82. The van der Waals surface area contributed by atoms with Crippen molar-refractivity contribution in [2.45, 2.75) is 47.0 Å². The Morgan fingerprint density at radius 2 is 1.90 bits per heavy atom. The van der Waals surface area contributed by atoms with Gasteiger partial charge in [-0.05, 0) is 44.2 Å². The van der Waals surface area contributed by atoms with Gasteiger partial charge in [-0.3, -0.25) is 4.79 Å². The molecular weight excluding hydrogens is 248 g/mol. The van der Waals surface area contributed by atoms with E-state index in [-0.39, 0.29) is 5.91 Å². The molecule has 0 aliphatic heterocycles. The van der Waals surface area contributed by atoms with E-state index in [0.717, 1.165) is 19.3 Å². The second kappa shape index (κ2) is 7.44. The van der Waals surface area contributed by atoms with Crippen LogP contribution in [-0.4, -0.2) is 19.0 Å². The van der Waals surface area contributed by atoms with Crippen molar-refractivity contribution in [1.29, 1.82) is 0 Å². The van der Waals surface area contributed by atoms with Crippen molar-refractivity contribution in [2.24, 2.45) is 11.1 Å². The lowest BCUT2D eigenvalue weighted by molar-refractivity contribution is -0.131. The lowest BCUT2D eigenvalue weighted by Gasteiger charge is -2.28. The molecule has 0 unspecified atom stereocenters. The largest absolute Gasteiger partial charge is 0.355 e. The summed E-state index contributed by atoms with van der Waals surface area (Å²) in [6, 6.07) is 6.44. The number of nitrogens with two attached hydrogens (primary N) is 1. The van der Waals surface area contributed by atoms with Crippen LogP contribution in [0.2, 0.25) is 0 Å². The number of carbonyl (C=O) groups is 1. The van der Waals surface area contributed by atoms with Gasteiger partial charge in [0.25, 0.3) is 0 Å². The molecule has 20 heavy (non-hydrogen) atoms. The van der Waals surface area contributed by atoms with Crippen molar-refractivity contribution in [3.8, 4) is 0 Å². The Kier molecular flexibility index (Phi) is 6.21. The van der Waals surface area contributed by atoms with Gasteiger partial charge in [-0.2, -0.15) is 0 Å². The standard InChI is InChI=1S/C17H28N2O/c1-5-17(6-2,12-18)16(20)19-10-9-15-8-7-13(3)11-14(15)4/h7-8,11H,5-6,9-10,12,18H2,1-4H3,(H,19,20). The molecule has 0 saturated heterocycles. The Balaban J connectivity index is 2.57. The molecule has 0 aliphatic rings. The van der Waals surface area contributed by atoms with E-state index in [0.29, 0.717) is 13.1 Å². The number of amides is 1. The third kappa shape index (κ3) is 3.83. The van der Waals surface area contributed by atoms with Crippen LogP contribution in [0.5, 0.6) is 0 Å². The average molecular weight is 276 g/mol. The lowest BCUT2D eigenvalue weighted by atomic mass is 9.81. The second-order valence-corrected chi connectivity index (χ2v) is 5.63. The first-order chi connectivity index (χ1) is 9.49. The molecule has 1 aromatic rings. The highest BCUT2D eigenvalue weighted by atomic mass is 16.2. The zero-order chi connectivity index (χ0) is 15.2. The molecule has 0 radical (unpaired) electrons. The number of rotatable bonds is 7.